The molecule has 0 radical (unpaired) electrons. The summed E-state index contributed by atoms with van der Waals surface area (Å²) in [4.78, 5) is 12.7. The summed E-state index contributed by atoms with van der Waals surface area (Å²) in [6.07, 6.45) is 4.98. The van der Waals surface area contributed by atoms with Gasteiger partial charge in [-0.3, -0.25) is 0 Å². The van der Waals surface area contributed by atoms with Crippen LogP contribution in [0.4, 0.5) is 4.39 Å². The highest BCUT2D eigenvalue weighted by Crippen LogP contribution is 2.30. The first-order chi connectivity index (χ1) is 14.1. The Kier molecular flexibility index (Phi) is 5.48. The lowest BCUT2D eigenvalue weighted by Gasteiger charge is -2.09. The maximum Gasteiger partial charge on any atom is 0.344 e. The van der Waals surface area contributed by atoms with Crippen molar-refractivity contribution in [3.05, 3.63) is 82.0 Å². The van der Waals surface area contributed by atoms with Gasteiger partial charge in [0.1, 0.15) is 0 Å². The second-order valence-electron chi connectivity index (χ2n) is 7.74. The predicted octanol–water partition coefficient (Wildman–Crippen LogP) is 7.18. The highest BCUT2D eigenvalue weighted by molar-refractivity contribution is 6.05. The van der Waals surface area contributed by atoms with Crippen molar-refractivity contribution in [2.75, 3.05) is 0 Å². The van der Waals surface area contributed by atoms with E-state index < -0.39 is 11.4 Å². The molecular formula is C26H25FO2. The molecule has 0 amide bonds. The van der Waals surface area contributed by atoms with Crippen LogP contribution in [0.5, 0.6) is 0 Å². The van der Waals surface area contributed by atoms with Crippen LogP contribution in [0.3, 0.4) is 0 Å². The van der Waals surface area contributed by atoms with Gasteiger partial charge in [0.05, 0.1) is 5.39 Å². The molecule has 0 saturated carbocycles. The van der Waals surface area contributed by atoms with Gasteiger partial charge >= 0.3 is 5.63 Å². The number of unbranched alkanes of at least 4 members (excludes halogenated alkanes) is 3. The molecule has 4 aromatic rings. The molecule has 0 atom stereocenters. The number of hydrogen-bond acceptors (Lipinski definition) is 2. The van der Waals surface area contributed by atoms with Crippen molar-refractivity contribution < 1.29 is 8.81 Å². The Labute approximate surface area is 170 Å². The Morgan fingerprint density at radius 3 is 2.31 bits per heavy atom. The third-order valence-electron chi connectivity index (χ3n) is 5.59. The predicted molar refractivity (Wildman–Crippen MR) is 118 cm³/mol. The fourth-order valence-corrected chi connectivity index (χ4v) is 3.87. The minimum Gasteiger partial charge on any atom is -0.419 e. The zero-order valence-corrected chi connectivity index (χ0v) is 16.9. The van der Waals surface area contributed by atoms with Gasteiger partial charge < -0.3 is 4.42 Å². The van der Waals surface area contributed by atoms with Crippen molar-refractivity contribution in [2.24, 2.45) is 0 Å². The summed E-state index contributed by atoms with van der Waals surface area (Å²) < 4.78 is 20.5. The van der Waals surface area contributed by atoms with E-state index in [2.05, 4.69) is 6.92 Å². The summed E-state index contributed by atoms with van der Waals surface area (Å²) in [5, 5.41) is 1.85. The normalized spacial score (nSPS) is 11.4. The lowest BCUT2D eigenvalue weighted by Crippen LogP contribution is -2.02. The van der Waals surface area contributed by atoms with Gasteiger partial charge in [0.25, 0.3) is 0 Å². The molecule has 0 aliphatic rings. The second-order valence-corrected chi connectivity index (χ2v) is 7.74. The van der Waals surface area contributed by atoms with Gasteiger partial charge in [-0.15, -0.1) is 0 Å². The highest BCUT2D eigenvalue weighted by Gasteiger charge is 2.15. The number of benzene rings is 3. The Balaban J connectivity index is 1.78. The minimum atomic E-state index is -0.497. The van der Waals surface area contributed by atoms with E-state index in [0.29, 0.717) is 22.8 Å². The van der Waals surface area contributed by atoms with E-state index in [9.17, 15) is 4.79 Å². The molecule has 0 unspecified atom stereocenters. The molecule has 1 heterocycles. The summed E-state index contributed by atoms with van der Waals surface area (Å²) in [6.45, 7) is 4.19. The monoisotopic (exact) mass is 388 g/mol. The molecule has 4 rings (SSSR count). The molecule has 0 aliphatic heterocycles. The lowest BCUT2D eigenvalue weighted by atomic mass is 9.98. The Morgan fingerprint density at radius 2 is 1.55 bits per heavy atom. The van der Waals surface area contributed by atoms with Crippen LogP contribution in [0, 0.1) is 12.7 Å². The molecule has 3 aromatic carbocycles. The SMILES string of the molecule is CCCCCCc1ccc2c(oc(=O)c3cc(-c4ccc(C)cc4)ccc32)c1F. The number of hydrogen-bond donors (Lipinski definition) is 0. The number of fused-ring (bicyclic) bond motifs is 3. The quantitative estimate of drug-likeness (QED) is 0.199. The van der Waals surface area contributed by atoms with Crippen LogP contribution in [0.2, 0.25) is 0 Å². The van der Waals surface area contributed by atoms with Crippen molar-refractivity contribution in [1.82, 2.24) is 0 Å². The molecule has 0 N–H and O–H groups in total. The molecule has 29 heavy (non-hydrogen) atoms. The van der Waals surface area contributed by atoms with Gasteiger partial charge in [-0.05, 0) is 42.5 Å². The van der Waals surface area contributed by atoms with E-state index in [-0.39, 0.29) is 5.58 Å². The second kappa shape index (κ2) is 8.20. The minimum absolute atomic E-state index is 0.0681. The Hall–Kier alpha value is -2.94. The van der Waals surface area contributed by atoms with Crippen molar-refractivity contribution >= 4 is 21.7 Å². The van der Waals surface area contributed by atoms with Gasteiger partial charge in [0.15, 0.2) is 11.4 Å². The molecule has 0 aliphatic carbocycles. The summed E-state index contributed by atoms with van der Waals surface area (Å²) in [7, 11) is 0. The molecule has 1 aromatic heterocycles. The maximum absolute atomic E-state index is 15.0. The van der Waals surface area contributed by atoms with Crippen molar-refractivity contribution in [3.63, 3.8) is 0 Å². The van der Waals surface area contributed by atoms with E-state index >= 15 is 4.39 Å². The van der Waals surface area contributed by atoms with Gasteiger partial charge in [0, 0.05) is 10.8 Å². The van der Waals surface area contributed by atoms with Crippen LogP contribution in [0.1, 0.15) is 43.7 Å². The maximum atomic E-state index is 15.0. The van der Waals surface area contributed by atoms with E-state index in [1.165, 1.54) is 5.56 Å². The molecular weight excluding hydrogens is 363 g/mol. The summed E-state index contributed by atoms with van der Waals surface area (Å²) >= 11 is 0. The molecule has 2 nitrogen and oxygen atoms in total. The van der Waals surface area contributed by atoms with E-state index in [1.54, 1.807) is 0 Å². The average molecular weight is 388 g/mol. The van der Waals surface area contributed by atoms with Crippen LogP contribution in [0.15, 0.2) is 63.8 Å². The van der Waals surface area contributed by atoms with Crippen molar-refractivity contribution in [1.29, 1.82) is 0 Å². The third kappa shape index (κ3) is 3.82. The Morgan fingerprint density at radius 1 is 0.828 bits per heavy atom. The third-order valence-corrected chi connectivity index (χ3v) is 5.59. The van der Waals surface area contributed by atoms with Crippen LogP contribution in [-0.2, 0) is 6.42 Å². The van der Waals surface area contributed by atoms with Gasteiger partial charge in [-0.1, -0.05) is 80.3 Å². The first-order valence-corrected chi connectivity index (χ1v) is 10.3. The smallest absolute Gasteiger partial charge is 0.344 e. The fourth-order valence-electron chi connectivity index (χ4n) is 3.87. The van der Waals surface area contributed by atoms with E-state index in [4.69, 9.17) is 4.42 Å². The lowest BCUT2D eigenvalue weighted by molar-refractivity contribution is 0.522. The number of aryl methyl sites for hydroxylation is 2. The molecule has 0 spiro atoms. The van der Waals surface area contributed by atoms with Gasteiger partial charge in [0.2, 0.25) is 0 Å². The summed E-state index contributed by atoms with van der Waals surface area (Å²) in [6, 6.07) is 17.6. The number of halogens is 1. The van der Waals surface area contributed by atoms with Crippen LogP contribution in [-0.4, -0.2) is 0 Å². The highest BCUT2D eigenvalue weighted by atomic mass is 19.1. The topological polar surface area (TPSA) is 30.2 Å². The molecule has 3 heteroatoms. The first kappa shape index (κ1) is 19.4. The van der Waals surface area contributed by atoms with E-state index in [1.807, 2.05) is 61.5 Å². The molecule has 0 fully saturated rings. The summed E-state index contributed by atoms with van der Waals surface area (Å²) in [5.74, 6) is -0.402. The van der Waals surface area contributed by atoms with E-state index in [0.717, 1.165) is 42.2 Å². The van der Waals surface area contributed by atoms with Gasteiger partial charge in [-0.2, -0.15) is 0 Å². The molecule has 0 saturated heterocycles. The standard InChI is InChI=1S/C26H25FO2/c1-3-4-5-6-7-19-12-15-22-21-14-13-20(18-10-8-17(2)9-11-18)16-23(21)26(28)29-25(22)24(19)27/h8-16H,3-7H2,1-2H3. The summed E-state index contributed by atoms with van der Waals surface area (Å²) in [5.41, 5.74) is 3.35. The fraction of sp³-hybridized carbons (Fsp3) is 0.269. The molecule has 148 valence electrons. The zero-order chi connectivity index (χ0) is 20.4. The van der Waals surface area contributed by atoms with Crippen LogP contribution < -0.4 is 5.63 Å². The zero-order valence-electron chi connectivity index (χ0n) is 16.9. The van der Waals surface area contributed by atoms with Crippen LogP contribution >= 0.6 is 0 Å². The van der Waals surface area contributed by atoms with Crippen molar-refractivity contribution in [2.45, 2.75) is 46.0 Å². The first-order valence-electron chi connectivity index (χ1n) is 10.3. The van der Waals surface area contributed by atoms with Crippen LogP contribution in [0.25, 0.3) is 32.9 Å². The Bertz CT molecular complexity index is 1220. The molecule has 0 bridgehead atoms. The average Bonchev–Trinajstić information content (AvgIpc) is 2.73. The van der Waals surface area contributed by atoms with Gasteiger partial charge in [-0.25, -0.2) is 9.18 Å². The number of rotatable bonds is 6. The van der Waals surface area contributed by atoms with Crippen molar-refractivity contribution in [3.8, 4) is 11.1 Å². The largest absolute Gasteiger partial charge is 0.419 e.